The zero-order valence-electron chi connectivity index (χ0n) is 15.9. The maximum absolute atomic E-state index is 10.4. The molecule has 1 saturated heterocycles. The summed E-state index contributed by atoms with van der Waals surface area (Å²) in [6.07, 6.45) is -0.305. The molecular formula is C20H34N2O2. The highest BCUT2D eigenvalue weighted by Gasteiger charge is 2.30. The van der Waals surface area contributed by atoms with Crippen molar-refractivity contribution < 1.29 is 9.84 Å². The third-order valence-electron chi connectivity index (χ3n) is 5.07. The minimum atomic E-state index is -0.305. The number of hydrogen-bond donors (Lipinski definition) is 2. The van der Waals surface area contributed by atoms with Crippen LogP contribution in [-0.2, 0) is 4.74 Å². The quantitative estimate of drug-likeness (QED) is 0.804. The molecule has 1 aliphatic rings. The number of rotatable bonds is 7. The largest absolute Gasteiger partial charge is 0.392 e. The maximum Gasteiger partial charge on any atom is 0.0642 e. The summed E-state index contributed by atoms with van der Waals surface area (Å²) in [5, 5.41) is 13.9. The van der Waals surface area contributed by atoms with Crippen molar-refractivity contribution in [3.8, 4) is 0 Å². The zero-order valence-corrected chi connectivity index (χ0v) is 15.9. The van der Waals surface area contributed by atoms with Crippen LogP contribution in [0.4, 0.5) is 5.69 Å². The fourth-order valence-electron chi connectivity index (χ4n) is 3.34. The van der Waals surface area contributed by atoms with Gasteiger partial charge in [-0.1, -0.05) is 39.8 Å². The van der Waals surface area contributed by atoms with Gasteiger partial charge in [0.25, 0.3) is 0 Å². The summed E-state index contributed by atoms with van der Waals surface area (Å²) in [6.45, 7) is 14.9. The number of nitrogens with zero attached hydrogens (tertiary/aromatic N) is 1. The lowest BCUT2D eigenvalue weighted by Crippen LogP contribution is -2.42. The maximum atomic E-state index is 10.4. The first-order valence-electron chi connectivity index (χ1n) is 9.15. The molecule has 2 N–H and O–H groups in total. The number of aliphatic hydroxyl groups excluding tert-OH is 1. The van der Waals surface area contributed by atoms with Gasteiger partial charge in [0.1, 0.15) is 0 Å². The molecule has 0 aliphatic carbocycles. The van der Waals surface area contributed by atoms with Crippen LogP contribution in [0.3, 0.4) is 0 Å². The van der Waals surface area contributed by atoms with Crippen LogP contribution >= 0.6 is 0 Å². The summed E-state index contributed by atoms with van der Waals surface area (Å²) in [6, 6.07) is 9.07. The lowest BCUT2D eigenvalue weighted by molar-refractivity contribution is 0.0124. The molecule has 1 aliphatic heterocycles. The average Bonchev–Trinajstić information content (AvgIpc) is 2.60. The number of morpholine rings is 1. The van der Waals surface area contributed by atoms with Crippen LogP contribution in [0.1, 0.15) is 46.2 Å². The molecule has 2 rings (SSSR count). The third kappa shape index (κ3) is 4.95. The third-order valence-corrected chi connectivity index (χ3v) is 5.07. The Bertz CT molecular complexity index is 493. The topological polar surface area (TPSA) is 44.7 Å². The Hall–Kier alpha value is -1.10. The normalized spacial score (nSPS) is 18.7. The van der Waals surface area contributed by atoms with E-state index in [1.807, 2.05) is 0 Å². The van der Waals surface area contributed by atoms with Gasteiger partial charge < -0.3 is 20.1 Å². The predicted octanol–water partition coefficient (Wildman–Crippen LogP) is 3.22. The molecule has 4 nitrogen and oxygen atoms in total. The highest BCUT2D eigenvalue weighted by molar-refractivity contribution is 5.48. The number of benzene rings is 1. The minimum absolute atomic E-state index is 0.143. The molecule has 1 heterocycles. The van der Waals surface area contributed by atoms with E-state index in [1.54, 1.807) is 0 Å². The molecule has 4 heteroatoms. The first-order valence-corrected chi connectivity index (χ1v) is 9.15. The van der Waals surface area contributed by atoms with Crippen molar-refractivity contribution in [1.29, 1.82) is 0 Å². The molecule has 2 atom stereocenters. The van der Waals surface area contributed by atoms with Gasteiger partial charge in [-0.15, -0.1) is 0 Å². The van der Waals surface area contributed by atoms with Crippen molar-refractivity contribution in [3.05, 3.63) is 29.8 Å². The number of hydrogen-bond acceptors (Lipinski definition) is 4. The first-order chi connectivity index (χ1) is 11.3. The van der Waals surface area contributed by atoms with Gasteiger partial charge in [0, 0.05) is 36.8 Å². The van der Waals surface area contributed by atoms with E-state index in [9.17, 15) is 5.11 Å². The molecule has 0 saturated carbocycles. The zero-order chi connectivity index (χ0) is 17.7. The average molecular weight is 335 g/mol. The van der Waals surface area contributed by atoms with Crippen molar-refractivity contribution in [2.75, 3.05) is 37.7 Å². The second kappa shape index (κ2) is 8.32. The number of ether oxygens (including phenoxy) is 1. The molecule has 0 bridgehead atoms. The lowest BCUT2D eigenvalue weighted by Gasteiger charge is -2.34. The van der Waals surface area contributed by atoms with Crippen molar-refractivity contribution in [2.45, 2.75) is 46.8 Å². The summed E-state index contributed by atoms with van der Waals surface area (Å²) in [4.78, 5) is 2.37. The van der Waals surface area contributed by atoms with Crippen molar-refractivity contribution in [1.82, 2.24) is 5.32 Å². The highest BCUT2D eigenvalue weighted by atomic mass is 16.5. The van der Waals surface area contributed by atoms with Crippen LogP contribution in [0.25, 0.3) is 0 Å². The number of anilines is 1. The van der Waals surface area contributed by atoms with E-state index in [1.165, 1.54) is 11.3 Å². The van der Waals surface area contributed by atoms with Crippen LogP contribution in [0, 0.1) is 11.3 Å². The Morgan fingerprint density at radius 2 is 1.71 bits per heavy atom. The monoisotopic (exact) mass is 334 g/mol. The van der Waals surface area contributed by atoms with Crippen molar-refractivity contribution in [2.24, 2.45) is 11.3 Å². The van der Waals surface area contributed by atoms with Crippen LogP contribution in [0.2, 0.25) is 0 Å². The fourth-order valence-corrected chi connectivity index (χ4v) is 3.34. The van der Waals surface area contributed by atoms with Gasteiger partial charge >= 0.3 is 0 Å². The predicted molar refractivity (Wildman–Crippen MR) is 101 cm³/mol. The highest BCUT2D eigenvalue weighted by Crippen LogP contribution is 2.27. The Kier molecular flexibility index (Phi) is 6.67. The molecule has 136 valence electrons. The van der Waals surface area contributed by atoms with E-state index in [2.05, 4.69) is 69.1 Å². The van der Waals surface area contributed by atoms with Gasteiger partial charge in [-0.25, -0.2) is 0 Å². The van der Waals surface area contributed by atoms with Crippen molar-refractivity contribution >= 4 is 5.69 Å². The van der Waals surface area contributed by atoms with E-state index in [0.717, 1.165) is 32.8 Å². The Morgan fingerprint density at radius 1 is 1.12 bits per heavy atom. The van der Waals surface area contributed by atoms with Crippen LogP contribution < -0.4 is 10.2 Å². The smallest absolute Gasteiger partial charge is 0.0642 e. The summed E-state index contributed by atoms with van der Waals surface area (Å²) in [7, 11) is 0. The van der Waals surface area contributed by atoms with Crippen molar-refractivity contribution in [3.63, 3.8) is 0 Å². The van der Waals surface area contributed by atoms with E-state index >= 15 is 0 Å². The molecule has 0 aromatic heterocycles. The fraction of sp³-hybridized carbons (Fsp3) is 0.700. The molecule has 2 unspecified atom stereocenters. The Balaban J connectivity index is 1.91. The van der Waals surface area contributed by atoms with Gasteiger partial charge in [0.05, 0.1) is 19.3 Å². The van der Waals surface area contributed by atoms with Gasteiger partial charge in [-0.3, -0.25) is 0 Å². The van der Waals surface area contributed by atoms with Crippen LogP contribution in [0.5, 0.6) is 0 Å². The summed E-state index contributed by atoms with van der Waals surface area (Å²) in [5.41, 5.74) is 2.41. The SMILES string of the molecule is CC(NCC(C)(C)C(O)C(C)C)c1ccc(N2CCOCC2)cc1. The molecule has 24 heavy (non-hydrogen) atoms. The molecule has 0 amide bonds. The summed E-state index contributed by atoms with van der Waals surface area (Å²) >= 11 is 0. The first kappa shape index (κ1) is 19.2. The Morgan fingerprint density at radius 3 is 2.25 bits per heavy atom. The molecule has 1 aromatic carbocycles. The molecule has 1 fully saturated rings. The standard InChI is InChI=1S/C20H34N2O2/c1-15(2)19(23)20(4,5)14-21-16(3)17-6-8-18(9-7-17)22-10-12-24-13-11-22/h6-9,15-16,19,21,23H,10-14H2,1-5H3. The molecule has 0 spiro atoms. The number of nitrogens with one attached hydrogen (secondary N) is 1. The molecular weight excluding hydrogens is 300 g/mol. The van der Waals surface area contributed by atoms with Gasteiger partial charge in [-0.05, 0) is 30.5 Å². The van der Waals surface area contributed by atoms with Gasteiger partial charge in [0.15, 0.2) is 0 Å². The minimum Gasteiger partial charge on any atom is -0.392 e. The lowest BCUT2D eigenvalue weighted by atomic mass is 9.80. The second-order valence-corrected chi connectivity index (χ2v) is 7.97. The van der Waals surface area contributed by atoms with E-state index in [4.69, 9.17) is 4.74 Å². The number of aliphatic hydroxyl groups is 1. The van der Waals surface area contributed by atoms with Crippen LogP contribution in [0.15, 0.2) is 24.3 Å². The van der Waals surface area contributed by atoms with E-state index < -0.39 is 0 Å². The van der Waals surface area contributed by atoms with E-state index in [0.29, 0.717) is 0 Å². The van der Waals surface area contributed by atoms with Gasteiger partial charge in [-0.2, -0.15) is 0 Å². The molecule has 1 aromatic rings. The molecule has 0 radical (unpaired) electrons. The van der Waals surface area contributed by atoms with E-state index in [-0.39, 0.29) is 23.5 Å². The summed E-state index contributed by atoms with van der Waals surface area (Å²) < 4.78 is 5.41. The van der Waals surface area contributed by atoms with Crippen LogP contribution in [-0.4, -0.2) is 44.1 Å². The second-order valence-electron chi connectivity index (χ2n) is 7.97. The Labute approximate surface area is 147 Å². The summed E-state index contributed by atoms with van der Waals surface area (Å²) in [5.74, 6) is 0.268. The van der Waals surface area contributed by atoms with Gasteiger partial charge in [0.2, 0.25) is 0 Å².